The number of imide groups is 2. The summed E-state index contributed by atoms with van der Waals surface area (Å²) in [6.45, 7) is 1.65. The highest BCUT2D eigenvalue weighted by molar-refractivity contribution is 6.30. The van der Waals surface area contributed by atoms with Gasteiger partial charge in [-0.3, -0.25) is 19.8 Å². The summed E-state index contributed by atoms with van der Waals surface area (Å²) in [5.41, 5.74) is 4.31. The van der Waals surface area contributed by atoms with Gasteiger partial charge in [-0.05, 0) is 47.0 Å². The number of rotatable bonds is 4. The van der Waals surface area contributed by atoms with Gasteiger partial charge in [0.2, 0.25) is 0 Å². The van der Waals surface area contributed by atoms with Crippen molar-refractivity contribution in [2.45, 2.75) is 19.6 Å². The summed E-state index contributed by atoms with van der Waals surface area (Å²) < 4.78 is 5.22. The average molecular weight is 413 g/mol. The van der Waals surface area contributed by atoms with Crippen LogP contribution in [0.25, 0.3) is 6.08 Å². The van der Waals surface area contributed by atoms with Crippen LogP contribution in [-0.2, 0) is 29.2 Å². The lowest BCUT2D eigenvalue weighted by Gasteiger charge is -2.25. The third kappa shape index (κ3) is 3.61. The second-order valence-corrected chi connectivity index (χ2v) is 7.50. The third-order valence-corrected chi connectivity index (χ3v) is 5.49. The van der Waals surface area contributed by atoms with Crippen LogP contribution in [0.3, 0.4) is 0 Å². The maximum atomic E-state index is 12.8. The van der Waals surface area contributed by atoms with Crippen LogP contribution in [0.4, 0.5) is 10.5 Å². The monoisotopic (exact) mass is 413 g/mol. The first-order valence-electron chi connectivity index (χ1n) is 9.91. The number of carbonyl (C=O) groups is 3. The fraction of sp³-hybridized carbons (Fsp3) is 0.125. The van der Waals surface area contributed by atoms with Crippen LogP contribution < -0.4 is 10.2 Å². The van der Waals surface area contributed by atoms with Crippen LogP contribution in [0.2, 0.25) is 0 Å². The molecule has 5 rings (SSSR count). The van der Waals surface area contributed by atoms with Gasteiger partial charge in [0, 0.05) is 18.8 Å². The Morgan fingerprint density at radius 2 is 1.61 bits per heavy atom. The zero-order valence-corrected chi connectivity index (χ0v) is 16.6. The topological polar surface area (TPSA) is 82.9 Å². The fourth-order valence-electron chi connectivity index (χ4n) is 3.86. The van der Waals surface area contributed by atoms with E-state index in [9.17, 15) is 14.4 Å². The van der Waals surface area contributed by atoms with E-state index >= 15 is 0 Å². The van der Waals surface area contributed by atoms with Crippen molar-refractivity contribution in [1.82, 2.24) is 10.2 Å². The van der Waals surface area contributed by atoms with Crippen molar-refractivity contribution < 1.29 is 18.8 Å². The van der Waals surface area contributed by atoms with Gasteiger partial charge in [0.15, 0.2) is 0 Å². The highest BCUT2D eigenvalue weighted by Gasteiger charge is 2.36. The molecule has 0 radical (unpaired) electrons. The molecule has 1 saturated heterocycles. The second-order valence-electron chi connectivity index (χ2n) is 7.50. The van der Waals surface area contributed by atoms with E-state index < -0.39 is 17.8 Å². The SMILES string of the molecule is O=C1NC(=O)N(Cc2ccco2)C(=O)C1=Cc1ccc(N2Cc3ccccc3C2)cc1. The Bertz CT molecular complexity index is 1170. The van der Waals surface area contributed by atoms with Crippen molar-refractivity contribution in [2.24, 2.45) is 0 Å². The smallest absolute Gasteiger partial charge is 0.331 e. The Balaban J connectivity index is 1.35. The molecular weight excluding hydrogens is 394 g/mol. The number of carbonyl (C=O) groups excluding carboxylic acids is 3. The van der Waals surface area contributed by atoms with E-state index in [-0.39, 0.29) is 12.1 Å². The lowest BCUT2D eigenvalue weighted by Crippen LogP contribution is -2.53. The molecule has 0 atom stereocenters. The number of nitrogens with one attached hydrogen (secondary N) is 1. The van der Waals surface area contributed by atoms with Gasteiger partial charge in [0.1, 0.15) is 11.3 Å². The minimum Gasteiger partial charge on any atom is -0.467 e. The molecule has 1 N–H and O–H groups in total. The van der Waals surface area contributed by atoms with Crippen LogP contribution in [0.1, 0.15) is 22.5 Å². The van der Waals surface area contributed by atoms with Crippen molar-refractivity contribution in [3.05, 3.63) is 95.0 Å². The highest BCUT2D eigenvalue weighted by atomic mass is 16.3. The molecule has 7 heteroatoms. The number of amides is 4. The molecule has 31 heavy (non-hydrogen) atoms. The van der Waals surface area contributed by atoms with Gasteiger partial charge in [-0.25, -0.2) is 4.79 Å². The molecule has 0 unspecified atom stereocenters. The molecule has 0 aliphatic carbocycles. The largest absolute Gasteiger partial charge is 0.467 e. The van der Waals surface area contributed by atoms with E-state index in [0.29, 0.717) is 11.3 Å². The van der Waals surface area contributed by atoms with Crippen molar-refractivity contribution in [3.8, 4) is 0 Å². The number of urea groups is 1. The molecule has 154 valence electrons. The van der Waals surface area contributed by atoms with E-state index in [1.165, 1.54) is 23.5 Å². The molecule has 0 spiro atoms. The van der Waals surface area contributed by atoms with E-state index in [0.717, 1.165) is 23.7 Å². The fourth-order valence-corrected chi connectivity index (χ4v) is 3.86. The normalized spacial score (nSPS) is 17.3. The Morgan fingerprint density at radius 1 is 0.903 bits per heavy atom. The predicted octanol–water partition coefficient (Wildman–Crippen LogP) is 3.46. The number of hydrogen-bond donors (Lipinski definition) is 1. The number of anilines is 1. The van der Waals surface area contributed by atoms with E-state index in [4.69, 9.17) is 4.42 Å². The van der Waals surface area contributed by atoms with Crippen molar-refractivity contribution in [3.63, 3.8) is 0 Å². The second kappa shape index (κ2) is 7.60. The molecule has 0 bridgehead atoms. The summed E-state index contributed by atoms with van der Waals surface area (Å²) in [6, 6.07) is 18.6. The van der Waals surface area contributed by atoms with Gasteiger partial charge >= 0.3 is 6.03 Å². The van der Waals surface area contributed by atoms with Gasteiger partial charge in [0.05, 0.1) is 12.8 Å². The zero-order chi connectivity index (χ0) is 21.4. The number of furan rings is 1. The average Bonchev–Trinajstić information content (AvgIpc) is 3.44. The number of nitrogens with zero attached hydrogens (tertiary/aromatic N) is 2. The standard InChI is InChI=1S/C24H19N3O4/c28-22-21(23(29)27(24(30)25-22)15-20-6-3-11-31-20)12-16-7-9-19(10-8-16)26-13-17-4-1-2-5-18(17)14-26/h1-12H,13-15H2,(H,25,28,30). The summed E-state index contributed by atoms with van der Waals surface area (Å²) in [5, 5.41) is 2.22. The molecular formula is C24H19N3O4. The molecule has 0 saturated carbocycles. The Morgan fingerprint density at radius 3 is 2.26 bits per heavy atom. The van der Waals surface area contributed by atoms with Crippen LogP contribution in [0, 0.1) is 0 Å². The predicted molar refractivity (Wildman–Crippen MR) is 114 cm³/mol. The maximum absolute atomic E-state index is 12.8. The van der Waals surface area contributed by atoms with Crippen LogP contribution >= 0.6 is 0 Å². The quantitative estimate of drug-likeness (QED) is 0.523. The van der Waals surface area contributed by atoms with Crippen molar-refractivity contribution >= 4 is 29.6 Å². The van der Waals surface area contributed by atoms with E-state index in [1.807, 2.05) is 36.4 Å². The van der Waals surface area contributed by atoms with Gasteiger partial charge < -0.3 is 9.32 Å². The molecule has 4 amide bonds. The Labute approximate surface area is 178 Å². The summed E-state index contributed by atoms with van der Waals surface area (Å²) in [4.78, 5) is 40.4. The maximum Gasteiger partial charge on any atom is 0.331 e. The summed E-state index contributed by atoms with van der Waals surface area (Å²) in [7, 11) is 0. The van der Waals surface area contributed by atoms with Crippen molar-refractivity contribution in [2.75, 3.05) is 4.90 Å². The highest BCUT2D eigenvalue weighted by Crippen LogP contribution is 2.28. The molecule has 3 aromatic rings. The lowest BCUT2D eigenvalue weighted by atomic mass is 10.1. The zero-order valence-electron chi connectivity index (χ0n) is 16.6. The molecule has 1 aromatic heterocycles. The third-order valence-electron chi connectivity index (χ3n) is 5.49. The number of benzene rings is 2. The van der Waals surface area contributed by atoms with Gasteiger partial charge in [-0.2, -0.15) is 0 Å². The van der Waals surface area contributed by atoms with Gasteiger partial charge in [0.25, 0.3) is 11.8 Å². The minimum absolute atomic E-state index is 0.0449. The molecule has 1 fully saturated rings. The number of barbiturate groups is 1. The number of fused-ring (bicyclic) bond motifs is 1. The summed E-state index contributed by atoms with van der Waals surface area (Å²) >= 11 is 0. The molecule has 7 nitrogen and oxygen atoms in total. The van der Waals surface area contributed by atoms with Crippen molar-refractivity contribution in [1.29, 1.82) is 0 Å². The first-order chi connectivity index (χ1) is 15.1. The van der Waals surface area contributed by atoms with E-state index in [2.05, 4.69) is 22.3 Å². The van der Waals surface area contributed by atoms with Gasteiger partial charge in [-0.15, -0.1) is 0 Å². The molecule has 2 aliphatic heterocycles. The van der Waals surface area contributed by atoms with Gasteiger partial charge in [-0.1, -0.05) is 36.4 Å². The lowest BCUT2D eigenvalue weighted by molar-refractivity contribution is -0.130. The van der Waals surface area contributed by atoms with E-state index in [1.54, 1.807) is 12.1 Å². The van der Waals surface area contributed by atoms with Crippen LogP contribution in [-0.4, -0.2) is 22.7 Å². The molecule has 2 aliphatic rings. The summed E-state index contributed by atoms with van der Waals surface area (Å²) in [6.07, 6.45) is 2.96. The minimum atomic E-state index is -0.757. The summed E-state index contributed by atoms with van der Waals surface area (Å²) in [5.74, 6) is -0.901. The Hall–Kier alpha value is -4.13. The van der Waals surface area contributed by atoms with Crippen LogP contribution in [0.15, 0.2) is 76.9 Å². The first-order valence-corrected chi connectivity index (χ1v) is 9.91. The first kappa shape index (κ1) is 18.9. The molecule has 2 aromatic carbocycles. The Kier molecular flexibility index (Phi) is 4.63. The molecule has 3 heterocycles. The van der Waals surface area contributed by atoms with Crippen LogP contribution in [0.5, 0.6) is 0 Å². The number of hydrogen-bond acceptors (Lipinski definition) is 5.